The highest BCUT2D eigenvalue weighted by Gasteiger charge is 2.20. The molecular formula is C5H12BF4N2S-. The van der Waals surface area contributed by atoms with Gasteiger partial charge >= 0.3 is 7.25 Å². The lowest BCUT2D eigenvalue weighted by Crippen LogP contribution is -2.17. The van der Waals surface area contributed by atoms with Gasteiger partial charge in [-0.1, -0.05) is 11.8 Å². The third-order valence-corrected chi connectivity index (χ3v) is 1.67. The highest BCUT2D eigenvalue weighted by Crippen LogP contribution is 2.06. The summed E-state index contributed by atoms with van der Waals surface area (Å²) in [4.78, 5) is 6.00. The molecule has 0 saturated carbocycles. The molecule has 0 radical (unpaired) electrons. The van der Waals surface area contributed by atoms with Crippen LogP contribution in [-0.2, 0) is 0 Å². The smallest absolute Gasteiger partial charge is 0.418 e. The van der Waals surface area contributed by atoms with Crippen LogP contribution in [0.25, 0.3) is 0 Å². The molecule has 13 heavy (non-hydrogen) atoms. The van der Waals surface area contributed by atoms with E-state index in [0.29, 0.717) is 0 Å². The third kappa shape index (κ3) is 18.5. The second kappa shape index (κ2) is 7.05. The van der Waals surface area contributed by atoms with E-state index in [2.05, 4.69) is 4.99 Å². The van der Waals surface area contributed by atoms with Crippen LogP contribution in [0.15, 0.2) is 4.99 Å². The summed E-state index contributed by atoms with van der Waals surface area (Å²) in [5, 5.41) is 1.06. The number of nitrogens with zero attached hydrogens (tertiary/aromatic N) is 2. The van der Waals surface area contributed by atoms with Gasteiger partial charge in [0.1, 0.15) is 0 Å². The minimum Gasteiger partial charge on any atom is -0.418 e. The maximum atomic E-state index is 9.75. The minimum absolute atomic E-state index is 1.06. The molecule has 0 aliphatic carbocycles. The molecule has 0 aliphatic heterocycles. The molecule has 8 heteroatoms. The van der Waals surface area contributed by atoms with Crippen LogP contribution < -0.4 is 0 Å². The number of aliphatic imine (C=N–C) groups is 1. The molecule has 0 saturated heterocycles. The first kappa shape index (κ1) is 15.1. The average Bonchev–Trinajstić information content (AvgIpc) is 1.85. The van der Waals surface area contributed by atoms with Gasteiger partial charge in [-0.2, -0.15) is 0 Å². The molecule has 0 fully saturated rings. The first-order valence-electron chi connectivity index (χ1n) is 3.27. The van der Waals surface area contributed by atoms with Gasteiger partial charge in [0.2, 0.25) is 0 Å². The van der Waals surface area contributed by atoms with Gasteiger partial charge in [0.05, 0.1) is 0 Å². The first-order valence-corrected chi connectivity index (χ1v) is 4.50. The van der Waals surface area contributed by atoms with E-state index in [1.165, 1.54) is 0 Å². The van der Waals surface area contributed by atoms with Crippen LogP contribution in [0.2, 0.25) is 0 Å². The summed E-state index contributed by atoms with van der Waals surface area (Å²) in [6.07, 6.45) is 2.02. The van der Waals surface area contributed by atoms with E-state index in [-0.39, 0.29) is 0 Å². The van der Waals surface area contributed by atoms with Crippen LogP contribution in [-0.4, -0.2) is 44.7 Å². The monoisotopic (exact) mass is 219 g/mol. The third-order valence-electron chi connectivity index (χ3n) is 0.756. The molecule has 0 aliphatic rings. The number of thioether (sulfide) groups is 1. The summed E-state index contributed by atoms with van der Waals surface area (Å²) >= 11 is 1.65. The van der Waals surface area contributed by atoms with Crippen molar-refractivity contribution in [3.63, 3.8) is 0 Å². The first-order chi connectivity index (χ1) is 5.72. The van der Waals surface area contributed by atoms with Gasteiger partial charge in [0, 0.05) is 21.1 Å². The quantitative estimate of drug-likeness (QED) is 0.268. The molecule has 0 spiro atoms. The number of amidine groups is 1. The normalized spacial score (nSPS) is 11.8. The van der Waals surface area contributed by atoms with Crippen molar-refractivity contribution < 1.29 is 17.3 Å². The summed E-state index contributed by atoms with van der Waals surface area (Å²) in [6, 6.07) is 0. The molecule has 0 unspecified atom stereocenters. The van der Waals surface area contributed by atoms with Gasteiger partial charge in [-0.15, -0.1) is 0 Å². The summed E-state index contributed by atoms with van der Waals surface area (Å²) in [6.45, 7) is 0. The van der Waals surface area contributed by atoms with Crippen molar-refractivity contribution in [1.29, 1.82) is 0 Å². The molecule has 2 nitrogen and oxygen atoms in total. The summed E-state index contributed by atoms with van der Waals surface area (Å²) in [5.74, 6) is 0. The Bertz CT molecular complexity index is 153. The second-order valence-corrected chi connectivity index (χ2v) is 2.87. The van der Waals surface area contributed by atoms with Gasteiger partial charge in [-0.3, -0.25) is 4.99 Å². The fourth-order valence-electron chi connectivity index (χ4n) is 0.474. The summed E-state index contributed by atoms with van der Waals surface area (Å²) in [5.41, 5.74) is 0. The van der Waals surface area contributed by atoms with Gasteiger partial charge in [0.15, 0.2) is 5.17 Å². The predicted octanol–water partition coefficient (Wildman–Crippen LogP) is 2.20. The maximum absolute atomic E-state index is 9.75. The zero-order valence-corrected chi connectivity index (χ0v) is 8.71. The van der Waals surface area contributed by atoms with Crippen molar-refractivity contribution in [2.24, 2.45) is 4.99 Å². The number of hydrogen-bond donors (Lipinski definition) is 0. The maximum Gasteiger partial charge on any atom is 0.673 e. The molecule has 0 bridgehead atoms. The SMILES string of the molecule is CN=C(SC)N(C)C.F[B-](F)(F)F. The standard InChI is InChI=1S/C5H12N2S.BF4/c1-6-5(8-4)7(2)3;2-1(3,4)5/h1-4H3;/q;-1. The number of rotatable bonds is 0. The number of hydrogen-bond acceptors (Lipinski definition) is 2. The minimum atomic E-state index is -6.00. The van der Waals surface area contributed by atoms with E-state index in [0.717, 1.165) is 5.17 Å². The van der Waals surface area contributed by atoms with Crippen molar-refractivity contribution >= 4 is 24.2 Å². The number of halogens is 4. The van der Waals surface area contributed by atoms with Crippen molar-refractivity contribution in [2.45, 2.75) is 0 Å². The molecule has 0 N–H and O–H groups in total. The molecule has 0 amide bonds. The molecule has 0 aromatic heterocycles. The lowest BCUT2D eigenvalue weighted by atomic mass is 10.3. The molecule has 0 atom stereocenters. The molecule has 0 rings (SSSR count). The highest BCUT2D eigenvalue weighted by molar-refractivity contribution is 8.13. The summed E-state index contributed by atoms with van der Waals surface area (Å²) < 4.78 is 39.0. The molecule has 0 heterocycles. The van der Waals surface area contributed by atoms with E-state index < -0.39 is 7.25 Å². The fourth-order valence-corrected chi connectivity index (χ4v) is 1.02. The molecular weight excluding hydrogens is 207 g/mol. The van der Waals surface area contributed by atoms with Crippen LogP contribution in [0.3, 0.4) is 0 Å². The van der Waals surface area contributed by atoms with Gasteiger partial charge in [0.25, 0.3) is 0 Å². The summed E-state index contributed by atoms with van der Waals surface area (Å²) in [7, 11) is -0.233. The zero-order chi connectivity index (χ0) is 11.1. The van der Waals surface area contributed by atoms with Gasteiger partial charge in [-0.25, -0.2) is 0 Å². The van der Waals surface area contributed by atoms with E-state index in [1.807, 2.05) is 25.3 Å². The topological polar surface area (TPSA) is 15.6 Å². The van der Waals surface area contributed by atoms with Crippen molar-refractivity contribution in [3.8, 4) is 0 Å². The van der Waals surface area contributed by atoms with E-state index in [1.54, 1.807) is 18.8 Å². The predicted molar refractivity (Wildman–Crippen MR) is 50.7 cm³/mol. The fraction of sp³-hybridized carbons (Fsp3) is 0.800. The van der Waals surface area contributed by atoms with Gasteiger partial charge in [-0.05, 0) is 6.26 Å². The van der Waals surface area contributed by atoms with Crippen LogP contribution in [0.4, 0.5) is 17.3 Å². The Kier molecular flexibility index (Phi) is 8.19. The van der Waals surface area contributed by atoms with Crippen LogP contribution >= 0.6 is 11.8 Å². The largest absolute Gasteiger partial charge is 0.673 e. The van der Waals surface area contributed by atoms with Crippen LogP contribution in [0.1, 0.15) is 0 Å². The lowest BCUT2D eigenvalue weighted by molar-refractivity contribution is 0.368. The molecule has 80 valence electrons. The molecule has 0 aromatic carbocycles. The Balaban J connectivity index is 0. The Labute approximate surface area is 79.5 Å². The van der Waals surface area contributed by atoms with E-state index >= 15 is 0 Å². The second-order valence-electron chi connectivity index (χ2n) is 2.10. The Morgan fingerprint density at radius 2 is 1.54 bits per heavy atom. The Hall–Kier alpha value is -0.395. The molecule has 0 aromatic rings. The highest BCUT2D eigenvalue weighted by atomic mass is 32.2. The Morgan fingerprint density at radius 3 is 1.54 bits per heavy atom. The van der Waals surface area contributed by atoms with E-state index in [9.17, 15) is 17.3 Å². The van der Waals surface area contributed by atoms with Crippen LogP contribution in [0, 0.1) is 0 Å². The van der Waals surface area contributed by atoms with E-state index in [4.69, 9.17) is 0 Å². The van der Waals surface area contributed by atoms with Crippen LogP contribution in [0.5, 0.6) is 0 Å². The van der Waals surface area contributed by atoms with Crippen molar-refractivity contribution in [3.05, 3.63) is 0 Å². The lowest BCUT2D eigenvalue weighted by Gasteiger charge is -2.10. The zero-order valence-electron chi connectivity index (χ0n) is 7.89. The average molecular weight is 219 g/mol. The van der Waals surface area contributed by atoms with Gasteiger partial charge < -0.3 is 22.2 Å². The van der Waals surface area contributed by atoms with Crippen molar-refractivity contribution in [2.75, 3.05) is 27.4 Å². The van der Waals surface area contributed by atoms with Crippen molar-refractivity contribution in [1.82, 2.24) is 4.90 Å². The Morgan fingerprint density at radius 1 is 1.23 bits per heavy atom.